The van der Waals surface area contributed by atoms with Crippen LogP contribution in [0.15, 0.2) is 18.3 Å². The summed E-state index contributed by atoms with van der Waals surface area (Å²) in [5.74, 6) is 0.675. The molecule has 0 bridgehead atoms. The molecule has 1 aromatic rings. The Hall–Kier alpha value is -1.05. The highest BCUT2D eigenvalue weighted by Crippen LogP contribution is 2.04. The molecule has 1 heterocycles. The number of ether oxygens (including phenoxy) is 1. The fraction of sp³-hybridized carbons (Fsp3) is 0.500. The Bertz CT molecular complexity index is 198. The van der Waals surface area contributed by atoms with Crippen LogP contribution in [0.4, 0.5) is 0 Å². The fourth-order valence-electron chi connectivity index (χ4n) is 0.918. The van der Waals surface area contributed by atoms with Gasteiger partial charge >= 0.3 is 0 Å². The van der Waals surface area contributed by atoms with Gasteiger partial charge in [-0.3, -0.25) is 0 Å². The lowest BCUT2D eigenvalue weighted by Crippen LogP contribution is -1.97. The Kier molecular flexibility index (Phi) is 4.21. The molecule has 0 saturated heterocycles. The average molecular weight is 164 g/mol. The second-order valence-electron chi connectivity index (χ2n) is 2.65. The lowest BCUT2D eigenvalue weighted by Gasteiger charge is -2.02. The summed E-state index contributed by atoms with van der Waals surface area (Å²) >= 11 is 0. The zero-order valence-corrected chi connectivity index (χ0v) is 7.42. The highest BCUT2D eigenvalue weighted by Gasteiger charge is 1.91. The first kappa shape index (κ1) is 9.04. The molecule has 0 unspecified atom stereocenters. The van der Waals surface area contributed by atoms with Crippen molar-refractivity contribution in [2.75, 3.05) is 6.61 Å². The zero-order chi connectivity index (χ0) is 8.65. The average Bonchev–Trinajstić information content (AvgIpc) is 2.14. The summed E-state index contributed by atoms with van der Waals surface area (Å²) in [6.45, 7) is 2.94. The second-order valence-corrected chi connectivity index (χ2v) is 2.65. The molecule has 0 N–H and O–H groups in total. The molecule has 2 nitrogen and oxygen atoms in total. The Balaban J connectivity index is 2.16. The first-order valence-corrected chi connectivity index (χ1v) is 4.38. The summed E-state index contributed by atoms with van der Waals surface area (Å²) in [7, 11) is 0. The van der Waals surface area contributed by atoms with Crippen LogP contribution in [-0.4, -0.2) is 11.6 Å². The molecule has 12 heavy (non-hydrogen) atoms. The van der Waals surface area contributed by atoms with Crippen molar-refractivity contribution in [2.24, 2.45) is 0 Å². The Morgan fingerprint density at radius 2 is 2.42 bits per heavy atom. The molecule has 0 saturated carbocycles. The van der Waals surface area contributed by atoms with E-state index in [9.17, 15) is 0 Å². The van der Waals surface area contributed by atoms with Gasteiger partial charge in [-0.1, -0.05) is 19.8 Å². The van der Waals surface area contributed by atoms with E-state index < -0.39 is 0 Å². The number of pyridine rings is 1. The molecular formula is C10H14NO. The van der Waals surface area contributed by atoms with Crippen molar-refractivity contribution >= 4 is 0 Å². The third kappa shape index (κ3) is 3.37. The van der Waals surface area contributed by atoms with Crippen LogP contribution in [0.3, 0.4) is 0 Å². The third-order valence-electron chi connectivity index (χ3n) is 1.58. The molecule has 0 atom stereocenters. The maximum absolute atomic E-state index is 5.37. The van der Waals surface area contributed by atoms with Crippen LogP contribution in [0.1, 0.15) is 26.2 Å². The normalized spacial score (nSPS) is 9.75. The van der Waals surface area contributed by atoms with E-state index in [4.69, 9.17) is 4.74 Å². The van der Waals surface area contributed by atoms with E-state index in [0.717, 1.165) is 13.0 Å². The number of aromatic nitrogens is 1. The van der Waals surface area contributed by atoms with Crippen LogP contribution >= 0.6 is 0 Å². The van der Waals surface area contributed by atoms with Gasteiger partial charge in [0.1, 0.15) is 0 Å². The van der Waals surface area contributed by atoms with Gasteiger partial charge in [-0.2, -0.15) is 0 Å². The van der Waals surface area contributed by atoms with E-state index in [2.05, 4.69) is 18.0 Å². The van der Waals surface area contributed by atoms with Gasteiger partial charge in [0.15, 0.2) is 0 Å². The minimum absolute atomic E-state index is 0.675. The fourth-order valence-corrected chi connectivity index (χ4v) is 0.918. The van der Waals surface area contributed by atoms with E-state index in [0.29, 0.717) is 5.88 Å². The summed E-state index contributed by atoms with van der Waals surface area (Å²) in [6, 6.07) is 6.43. The molecule has 1 aromatic heterocycles. The third-order valence-corrected chi connectivity index (χ3v) is 1.58. The lowest BCUT2D eigenvalue weighted by atomic mass is 10.3. The van der Waals surface area contributed by atoms with Crippen LogP contribution < -0.4 is 4.74 Å². The van der Waals surface area contributed by atoms with Crippen molar-refractivity contribution in [3.63, 3.8) is 0 Å². The van der Waals surface area contributed by atoms with Crippen LogP contribution in [-0.2, 0) is 0 Å². The molecule has 0 aliphatic rings. The number of rotatable bonds is 5. The SMILES string of the molecule is CCCCCOc1c[c]ccn1. The number of hydrogen-bond acceptors (Lipinski definition) is 2. The van der Waals surface area contributed by atoms with Gasteiger partial charge in [0, 0.05) is 12.3 Å². The van der Waals surface area contributed by atoms with Gasteiger partial charge in [-0.15, -0.1) is 0 Å². The topological polar surface area (TPSA) is 22.1 Å². The van der Waals surface area contributed by atoms with Crippen LogP contribution in [0.2, 0.25) is 0 Å². The van der Waals surface area contributed by atoms with E-state index in [-0.39, 0.29) is 0 Å². The highest BCUT2D eigenvalue weighted by molar-refractivity contribution is 5.07. The summed E-state index contributed by atoms with van der Waals surface area (Å²) in [5, 5.41) is 0. The molecule has 0 aliphatic heterocycles. The molecule has 65 valence electrons. The van der Waals surface area contributed by atoms with E-state index >= 15 is 0 Å². The van der Waals surface area contributed by atoms with Gasteiger partial charge in [0.2, 0.25) is 5.88 Å². The van der Waals surface area contributed by atoms with Crippen LogP contribution in [0.5, 0.6) is 5.88 Å². The van der Waals surface area contributed by atoms with Gasteiger partial charge in [-0.25, -0.2) is 4.98 Å². The Morgan fingerprint density at radius 1 is 1.50 bits per heavy atom. The zero-order valence-electron chi connectivity index (χ0n) is 7.42. The number of hydrogen-bond donors (Lipinski definition) is 0. The minimum atomic E-state index is 0.675. The molecule has 1 rings (SSSR count). The Labute approximate surface area is 73.6 Å². The maximum atomic E-state index is 5.37. The molecule has 0 aliphatic carbocycles. The Morgan fingerprint density at radius 3 is 3.08 bits per heavy atom. The van der Waals surface area contributed by atoms with Gasteiger partial charge < -0.3 is 4.74 Å². The molecule has 2 heteroatoms. The van der Waals surface area contributed by atoms with Crippen LogP contribution in [0.25, 0.3) is 0 Å². The molecule has 0 spiro atoms. The van der Waals surface area contributed by atoms with Crippen LogP contribution in [0, 0.1) is 6.07 Å². The molecular weight excluding hydrogens is 150 g/mol. The molecule has 0 amide bonds. The largest absolute Gasteiger partial charge is 0.478 e. The van der Waals surface area contributed by atoms with Crippen molar-refractivity contribution in [1.29, 1.82) is 0 Å². The first-order chi connectivity index (χ1) is 5.93. The van der Waals surface area contributed by atoms with Gasteiger partial charge in [0.05, 0.1) is 6.61 Å². The quantitative estimate of drug-likeness (QED) is 0.623. The standard InChI is InChI=1S/C10H14NO/c1-2-3-6-9-12-10-7-4-5-8-11-10/h5,7-8H,2-3,6,9H2,1H3. The number of unbranched alkanes of at least 4 members (excludes halogenated alkanes) is 2. The monoisotopic (exact) mass is 164 g/mol. The van der Waals surface area contributed by atoms with E-state index in [1.54, 1.807) is 18.3 Å². The second kappa shape index (κ2) is 5.58. The van der Waals surface area contributed by atoms with Gasteiger partial charge in [0.25, 0.3) is 0 Å². The van der Waals surface area contributed by atoms with Crippen molar-refractivity contribution in [1.82, 2.24) is 4.98 Å². The lowest BCUT2D eigenvalue weighted by molar-refractivity contribution is 0.295. The first-order valence-electron chi connectivity index (χ1n) is 4.38. The van der Waals surface area contributed by atoms with Crippen molar-refractivity contribution < 1.29 is 4.74 Å². The predicted molar refractivity (Wildman–Crippen MR) is 48.1 cm³/mol. The van der Waals surface area contributed by atoms with Crippen molar-refractivity contribution in [3.8, 4) is 5.88 Å². The predicted octanol–water partition coefficient (Wildman–Crippen LogP) is 2.45. The summed E-state index contributed by atoms with van der Waals surface area (Å²) in [6.07, 6.45) is 5.23. The molecule has 0 fully saturated rings. The summed E-state index contributed by atoms with van der Waals surface area (Å²) < 4.78 is 5.37. The van der Waals surface area contributed by atoms with Crippen molar-refractivity contribution in [3.05, 3.63) is 24.4 Å². The van der Waals surface area contributed by atoms with Gasteiger partial charge in [-0.05, 0) is 18.6 Å². The van der Waals surface area contributed by atoms with E-state index in [1.807, 2.05) is 0 Å². The smallest absolute Gasteiger partial charge is 0.213 e. The maximum Gasteiger partial charge on any atom is 0.213 e. The van der Waals surface area contributed by atoms with E-state index in [1.165, 1.54) is 12.8 Å². The number of nitrogens with zero attached hydrogens (tertiary/aromatic N) is 1. The molecule has 1 radical (unpaired) electrons. The summed E-state index contributed by atoms with van der Waals surface area (Å²) in [4.78, 5) is 4.02. The molecule has 0 aromatic carbocycles. The van der Waals surface area contributed by atoms with Crippen molar-refractivity contribution in [2.45, 2.75) is 26.2 Å². The minimum Gasteiger partial charge on any atom is -0.478 e. The highest BCUT2D eigenvalue weighted by atomic mass is 16.5. The summed E-state index contributed by atoms with van der Waals surface area (Å²) in [5.41, 5.74) is 0.